The van der Waals surface area contributed by atoms with Crippen molar-refractivity contribution in [2.24, 2.45) is 0 Å². The number of rotatable bonds is 4. The molecule has 0 aliphatic carbocycles. The largest absolute Gasteiger partial charge is 0.444 e. The van der Waals surface area contributed by atoms with Crippen LogP contribution < -0.4 is 10.6 Å². The Kier molecular flexibility index (Phi) is 5.93. The van der Waals surface area contributed by atoms with E-state index in [4.69, 9.17) is 4.74 Å². The van der Waals surface area contributed by atoms with E-state index in [9.17, 15) is 9.59 Å². The van der Waals surface area contributed by atoms with Crippen molar-refractivity contribution >= 4 is 27.9 Å². The number of pyridine rings is 1. The Balaban J connectivity index is 2.65. The normalized spacial score (nSPS) is 13.2. The summed E-state index contributed by atoms with van der Waals surface area (Å²) in [6.45, 7) is 8.48. The van der Waals surface area contributed by atoms with Gasteiger partial charge in [-0.15, -0.1) is 0 Å². The first kappa shape index (κ1) is 18.4. The van der Waals surface area contributed by atoms with Crippen LogP contribution in [0.3, 0.4) is 0 Å². The maximum Gasteiger partial charge on any atom is 0.408 e. The van der Waals surface area contributed by atoms with Gasteiger partial charge < -0.3 is 15.4 Å². The molecular weight excluding hydrogens is 350 g/mol. The third-order valence-electron chi connectivity index (χ3n) is 2.59. The van der Waals surface area contributed by atoms with Crippen LogP contribution in [0, 0.1) is 0 Å². The van der Waals surface area contributed by atoms with E-state index in [1.54, 1.807) is 52.9 Å². The third kappa shape index (κ3) is 6.01. The Labute approximate surface area is 139 Å². The van der Waals surface area contributed by atoms with Gasteiger partial charge in [0.05, 0.1) is 5.69 Å². The fourth-order valence-electron chi connectivity index (χ4n) is 1.51. The van der Waals surface area contributed by atoms with E-state index in [1.807, 2.05) is 6.07 Å². The minimum Gasteiger partial charge on any atom is -0.444 e. The Bertz CT molecular complexity index is 527. The number of aromatic nitrogens is 1. The Morgan fingerprint density at radius 3 is 2.36 bits per heavy atom. The molecule has 0 radical (unpaired) electrons. The number of amides is 2. The van der Waals surface area contributed by atoms with Gasteiger partial charge in [0.25, 0.3) is 0 Å². The van der Waals surface area contributed by atoms with Crippen LogP contribution in [0.25, 0.3) is 0 Å². The van der Waals surface area contributed by atoms with Crippen LogP contribution in [0.15, 0.2) is 24.4 Å². The zero-order chi connectivity index (χ0) is 17.0. The summed E-state index contributed by atoms with van der Waals surface area (Å²) in [4.78, 5) is 27.8. The molecule has 0 saturated carbocycles. The van der Waals surface area contributed by atoms with Gasteiger partial charge in [0.2, 0.25) is 5.91 Å². The second kappa shape index (κ2) is 7.09. The standard InChI is InChI=1S/C15H22BrN3O3/c1-14(2,3)22-13(21)19-15(4,5)12(20)18-11(16)10-8-6-7-9-17-10/h6-9,11H,1-5H3,(H,18,20)(H,19,21). The summed E-state index contributed by atoms with van der Waals surface area (Å²) in [6, 6.07) is 5.40. The van der Waals surface area contributed by atoms with E-state index in [1.165, 1.54) is 0 Å². The molecule has 1 unspecified atom stereocenters. The van der Waals surface area contributed by atoms with Gasteiger partial charge >= 0.3 is 6.09 Å². The molecule has 1 aromatic heterocycles. The quantitative estimate of drug-likeness (QED) is 0.629. The molecule has 0 bridgehead atoms. The fourth-order valence-corrected chi connectivity index (χ4v) is 1.99. The lowest BCUT2D eigenvalue weighted by Gasteiger charge is -2.28. The molecule has 7 heteroatoms. The van der Waals surface area contributed by atoms with Crippen molar-refractivity contribution in [1.29, 1.82) is 0 Å². The molecule has 6 nitrogen and oxygen atoms in total. The van der Waals surface area contributed by atoms with E-state index in [-0.39, 0.29) is 5.91 Å². The number of ether oxygens (including phenoxy) is 1. The topological polar surface area (TPSA) is 80.3 Å². The predicted molar refractivity (Wildman–Crippen MR) is 87.5 cm³/mol. The fraction of sp³-hybridized carbons (Fsp3) is 0.533. The molecule has 0 aliphatic heterocycles. The van der Waals surface area contributed by atoms with Crippen molar-refractivity contribution in [1.82, 2.24) is 15.6 Å². The molecule has 0 aliphatic rings. The maximum atomic E-state index is 12.3. The van der Waals surface area contributed by atoms with Crippen LogP contribution in [0.5, 0.6) is 0 Å². The number of hydrogen-bond acceptors (Lipinski definition) is 4. The van der Waals surface area contributed by atoms with Crippen LogP contribution in [-0.4, -0.2) is 28.1 Å². The molecule has 122 valence electrons. The number of hydrogen-bond donors (Lipinski definition) is 2. The van der Waals surface area contributed by atoms with Crippen LogP contribution in [0.2, 0.25) is 0 Å². The summed E-state index contributed by atoms with van der Waals surface area (Å²) >= 11 is 3.36. The number of nitrogens with one attached hydrogen (secondary N) is 2. The maximum absolute atomic E-state index is 12.3. The molecule has 0 spiro atoms. The number of halogens is 1. The summed E-state index contributed by atoms with van der Waals surface area (Å²) in [5, 5.41) is 5.30. The number of alkyl carbamates (subject to hydrolysis) is 1. The van der Waals surface area contributed by atoms with Crippen LogP contribution in [0.1, 0.15) is 45.3 Å². The zero-order valence-electron chi connectivity index (χ0n) is 13.4. The van der Waals surface area contributed by atoms with Gasteiger partial charge in [-0.05, 0) is 46.8 Å². The first-order valence-corrected chi connectivity index (χ1v) is 7.80. The molecule has 1 heterocycles. The Hall–Kier alpha value is -1.63. The molecule has 0 fully saturated rings. The van der Waals surface area contributed by atoms with Gasteiger partial charge in [0.1, 0.15) is 16.1 Å². The van der Waals surface area contributed by atoms with Crippen LogP contribution in [-0.2, 0) is 9.53 Å². The van der Waals surface area contributed by atoms with Gasteiger partial charge in [-0.25, -0.2) is 4.79 Å². The minimum absolute atomic E-state index is 0.356. The molecule has 2 N–H and O–H groups in total. The lowest BCUT2D eigenvalue weighted by molar-refractivity contribution is -0.126. The smallest absolute Gasteiger partial charge is 0.408 e. The lowest BCUT2D eigenvalue weighted by atomic mass is 10.1. The highest BCUT2D eigenvalue weighted by Gasteiger charge is 2.32. The highest BCUT2D eigenvalue weighted by Crippen LogP contribution is 2.18. The lowest BCUT2D eigenvalue weighted by Crippen LogP contribution is -2.55. The van der Waals surface area contributed by atoms with Crippen molar-refractivity contribution < 1.29 is 14.3 Å². The highest BCUT2D eigenvalue weighted by molar-refractivity contribution is 9.09. The average molecular weight is 372 g/mol. The van der Waals surface area contributed by atoms with Gasteiger partial charge in [-0.2, -0.15) is 0 Å². The van der Waals surface area contributed by atoms with E-state index in [0.717, 1.165) is 0 Å². The van der Waals surface area contributed by atoms with E-state index in [2.05, 4.69) is 31.5 Å². The second-order valence-corrected chi connectivity index (χ2v) is 7.26. The molecule has 0 aromatic carbocycles. The first-order chi connectivity index (χ1) is 10.0. The average Bonchev–Trinajstić information content (AvgIpc) is 2.36. The predicted octanol–water partition coefficient (Wildman–Crippen LogP) is 2.89. The Morgan fingerprint density at radius 1 is 1.23 bits per heavy atom. The van der Waals surface area contributed by atoms with Gasteiger partial charge in [0.15, 0.2) is 0 Å². The second-order valence-electron chi connectivity index (χ2n) is 6.34. The van der Waals surface area contributed by atoms with Crippen LogP contribution in [0.4, 0.5) is 4.79 Å². The SMILES string of the molecule is CC(C)(C)OC(=O)NC(C)(C)C(=O)NC(Br)c1ccccn1. The third-order valence-corrected chi connectivity index (χ3v) is 3.28. The summed E-state index contributed by atoms with van der Waals surface area (Å²) < 4.78 is 5.16. The molecule has 2 amide bonds. The summed E-state index contributed by atoms with van der Waals surface area (Å²) in [7, 11) is 0. The molecule has 1 atom stereocenters. The summed E-state index contributed by atoms with van der Waals surface area (Å²) in [5.74, 6) is -0.356. The van der Waals surface area contributed by atoms with E-state index in [0.29, 0.717) is 5.69 Å². The van der Waals surface area contributed by atoms with Gasteiger partial charge in [-0.3, -0.25) is 9.78 Å². The first-order valence-electron chi connectivity index (χ1n) is 6.88. The zero-order valence-corrected chi connectivity index (χ0v) is 15.0. The van der Waals surface area contributed by atoms with Crippen molar-refractivity contribution in [3.05, 3.63) is 30.1 Å². The molecule has 1 rings (SSSR count). The summed E-state index contributed by atoms with van der Waals surface area (Å²) in [6.07, 6.45) is 0.997. The summed E-state index contributed by atoms with van der Waals surface area (Å²) in [5.41, 5.74) is -1.07. The number of carbonyl (C=O) groups excluding carboxylic acids is 2. The van der Waals surface area contributed by atoms with Crippen LogP contribution >= 0.6 is 15.9 Å². The monoisotopic (exact) mass is 371 g/mol. The number of nitrogens with zero attached hydrogens (tertiary/aromatic N) is 1. The van der Waals surface area contributed by atoms with Crippen molar-refractivity contribution in [2.75, 3.05) is 0 Å². The minimum atomic E-state index is -1.12. The van der Waals surface area contributed by atoms with E-state index < -0.39 is 22.2 Å². The molecule has 1 aromatic rings. The Morgan fingerprint density at radius 2 is 1.86 bits per heavy atom. The highest BCUT2D eigenvalue weighted by atomic mass is 79.9. The van der Waals surface area contributed by atoms with E-state index >= 15 is 0 Å². The van der Waals surface area contributed by atoms with Crippen molar-refractivity contribution in [3.8, 4) is 0 Å². The number of alkyl halides is 1. The van der Waals surface area contributed by atoms with Gasteiger partial charge in [0, 0.05) is 6.20 Å². The van der Waals surface area contributed by atoms with Gasteiger partial charge in [-0.1, -0.05) is 22.0 Å². The number of carbonyl (C=O) groups is 2. The van der Waals surface area contributed by atoms with Crippen molar-refractivity contribution in [3.63, 3.8) is 0 Å². The molecule has 0 saturated heterocycles. The van der Waals surface area contributed by atoms with Crippen molar-refractivity contribution in [2.45, 2.75) is 50.7 Å². The molecule has 22 heavy (non-hydrogen) atoms. The molecular formula is C15H22BrN3O3.